The number of alkyl halides is 3. The molecule has 1 saturated carbocycles. The average molecular weight is 453 g/mol. The van der Waals surface area contributed by atoms with Crippen LogP contribution in [-0.4, -0.2) is 26.5 Å². The highest BCUT2D eigenvalue weighted by Crippen LogP contribution is 2.47. The van der Waals surface area contributed by atoms with Gasteiger partial charge < -0.3 is 10.6 Å². The molecule has 0 aliphatic heterocycles. The summed E-state index contributed by atoms with van der Waals surface area (Å²) >= 11 is 0. The van der Waals surface area contributed by atoms with Gasteiger partial charge in [-0.2, -0.15) is 18.4 Å². The first-order chi connectivity index (χ1) is 15.7. The summed E-state index contributed by atoms with van der Waals surface area (Å²) in [6.07, 6.45) is -1.36. The first-order valence-electron chi connectivity index (χ1n) is 10.5. The van der Waals surface area contributed by atoms with E-state index < -0.39 is 17.3 Å². The lowest BCUT2D eigenvalue weighted by atomic mass is 9.99. The van der Waals surface area contributed by atoms with Crippen molar-refractivity contribution in [1.29, 1.82) is 5.26 Å². The van der Waals surface area contributed by atoms with Crippen LogP contribution in [0.1, 0.15) is 37.9 Å². The Morgan fingerprint density at radius 2 is 1.82 bits per heavy atom. The van der Waals surface area contributed by atoms with Crippen molar-refractivity contribution in [3.05, 3.63) is 53.9 Å². The molecular formula is C23H22F3N7. The zero-order chi connectivity index (χ0) is 23.6. The van der Waals surface area contributed by atoms with Gasteiger partial charge in [0, 0.05) is 18.8 Å². The summed E-state index contributed by atoms with van der Waals surface area (Å²) in [5, 5.41) is 15.7. The number of hydrogen-bond donors (Lipinski definition) is 2. The molecule has 33 heavy (non-hydrogen) atoms. The third kappa shape index (κ3) is 5.19. The maximum absolute atomic E-state index is 13.1. The van der Waals surface area contributed by atoms with Gasteiger partial charge in [0.15, 0.2) is 5.82 Å². The summed E-state index contributed by atoms with van der Waals surface area (Å²) in [7, 11) is 0. The summed E-state index contributed by atoms with van der Waals surface area (Å²) in [6.45, 7) is 4.67. The van der Waals surface area contributed by atoms with Crippen molar-refractivity contribution in [2.75, 3.05) is 17.2 Å². The van der Waals surface area contributed by atoms with E-state index in [1.807, 2.05) is 19.9 Å². The smallest absolute Gasteiger partial charge is 0.370 e. The van der Waals surface area contributed by atoms with E-state index in [9.17, 15) is 18.4 Å². The maximum Gasteiger partial charge on any atom is 0.433 e. The Morgan fingerprint density at radius 1 is 1.06 bits per heavy atom. The molecule has 10 heteroatoms. The summed E-state index contributed by atoms with van der Waals surface area (Å²) in [5.41, 5.74) is -0.611. The molecule has 170 valence electrons. The molecule has 0 spiro atoms. The van der Waals surface area contributed by atoms with Crippen molar-refractivity contribution >= 4 is 17.5 Å². The van der Waals surface area contributed by atoms with E-state index in [1.165, 1.54) is 12.1 Å². The van der Waals surface area contributed by atoms with Crippen molar-refractivity contribution in [2.45, 2.75) is 38.3 Å². The van der Waals surface area contributed by atoms with Gasteiger partial charge in [-0.25, -0.2) is 19.9 Å². The lowest BCUT2D eigenvalue weighted by Crippen LogP contribution is -2.12. The summed E-state index contributed by atoms with van der Waals surface area (Å²) < 4.78 is 39.4. The molecule has 0 atom stereocenters. The summed E-state index contributed by atoms with van der Waals surface area (Å²) in [6, 6.07) is 11.2. The molecule has 0 amide bonds. The number of rotatable bonds is 7. The minimum atomic E-state index is -4.57. The Labute approximate surface area is 189 Å². The van der Waals surface area contributed by atoms with Crippen molar-refractivity contribution < 1.29 is 13.2 Å². The molecule has 3 aromatic heterocycles. The van der Waals surface area contributed by atoms with Crippen LogP contribution in [-0.2, 0) is 11.6 Å². The van der Waals surface area contributed by atoms with E-state index in [-0.39, 0.29) is 11.5 Å². The summed E-state index contributed by atoms with van der Waals surface area (Å²) in [4.78, 5) is 16.7. The van der Waals surface area contributed by atoms with Gasteiger partial charge in [-0.15, -0.1) is 0 Å². The Hall–Kier alpha value is -3.74. The minimum absolute atomic E-state index is 0.00388. The molecule has 7 nitrogen and oxygen atoms in total. The van der Waals surface area contributed by atoms with E-state index in [1.54, 1.807) is 18.3 Å². The van der Waals surface area contributed by atoms with Gasteiger partial charge >= 0.3 is 6.18 Å². The highest BCUT2D eigenvalue weighted by molar-refractivity contribution is 5.63. The molecule has 0 aromatic carbocycles. The second-order valence-electron chi connectivity index (χ2n) is 8.39. The average Bonchev–Trinajstić information content (AvgIpc) is 3.59. The van der Waals surface area contributed by atoms with Crippen molar-refractivity contribution in [3.63, 3.8) is 0 Å². The van der Waals surface area contributed by atoms with E-state index in [0.717, 1.165) is 24.5 Å². The van der Waals surface area contributed by atoms with Gasteiger partial charge in [-0.3, -0.25) is 0 Å². The van der Waals surface area contributed by atoms with Gasteiger partial charge in [0.1, 0.15) is 28.8 Å². The van der Waals surface area contributed by atoms with Crippen molar-refractivity contribution in [3.8, 4) is 17.6 Å². The zero-order valence-corrected chi connectivity index (χ0v) is 18.1. The number of anilines is 3. The third-order valence-electron chi connectivity index (χ3n) is 5.22. The standard InChI is InChI=1S/C23H22F3N7/c1-14(2)12-29-19-11-20(31-18-10-15(6-9-28-18)22(13-27)7-8-22)33-21(32-19)16-4-3-5-17(30-16)23(24,25)26/h3-6,9-11,14H,7-8,12H2,1-2H3,(H2,28,29,31,32,33). The Kier molecular flexibility index (Phi) is 5.89. The first-order valence-corrected chi connectivity index (χ1v) is 10.5. The number of nitrogens with zero attached hydrogens (tertiary/aromatic N) is 5. The van der Waals surface area contributed by atoms with Crippen LogP contribution in [0.4, 0.5) is 30.6 Å². The SMILES string of the molecule is CC(C)CNc1cc(Nc2cc(C3(C#N)CC3)ccn2)nc(-c2cccc(C(F)(F)F)n2)n1. The maximum atomic E-state index is 13.1. The van der Waals surface area contributed by atoms with E-state index >= 15 is 0 Å². The van der Waals surface area contributed by atoms with Crippen LogP contribution >= 0.6 is 0 Å². The van der Waals surface area contributed by atoms with Gasteiger partial charge in [-0.05, 0) is 48.6 Å². The van der Waals surface area contributed by atoms with Crippen LogP contribution in [0.3, 0.4) is 0 Å². The van der Waals surface area contributed by atoms with E-state index in [4.69, 9.17) is 0 Å². The molecule has 3 heterocycles. The topological polar surface area (TPSA) is 99.4 Å². The number of pyridine rings is 2. The Balaban J connectivity index is 1.69. The van der Waals surface area contributed by atoms with Crippen molar-refractivity contribution in [2.24, 2.45) is 5.92 Å². The molecular weight excluding hydrogens is 431 g/mol. The number of nitriles is 1. The molecule has 0 radical (unpaired) electrons. The normalized spacial score (nSPS) is 14.6. The predicted octanol–water partition coefficient (Wildman–Crippen LogP) is 5.32. The van der Waals surface area contributed by atoms with Crippen LogP contribution in [0.5, 0.6) is 0 Å². The quantitative estimate of drug-likeness (QED) is 0.499. The third-order valence-corrected chi connectivity index (χ3v) is 5.22. The predicted molar refractivity (Wildman–Crippen MR) is 118 cm³/mol. The van der Waals surface area contributed by atoms with Crippen LogP contribution < -0.4 is 10.6 Å². The monoisotopic (exact) mass is 453 g/mol. The molecule has 1 aliphatic rings. The van der Waals surface area contributed by atoms with Crippen LogP contribution in [0, 0.1) is 17.2 Å². The largest absolute Gasteiger partial charge is 0.433 e. The fourth-order valence-electron chi connectivity index (χ4n) is 3.26. The molecule has 2 N–H and O–H groups in total. The van der Waals surface area contributed by atoms with Gasteiger partial charge in [-0.1, -0.05) is 19.9 Å². The fraction of sp³-hybridized carbons (Fsp3) is 0.348. The molecule has 3 aromatic rings. The molecule has 0 saturated heterocycles. The lowest BCUT2D eigenvalue weighted by Gasteiger charge is -2.14. The second kappa shape index (κ2) is 8.65. The minimum Gasteiger partial charge on any atom is -0.370 e. The van der Waals surface area contributed by atoms with Crippen molar-refractivity contribution in [1.82, 2.24) is 19.9 Å². The fourth-order valence-corrected chi connectivity index (χ4v) is 3.26. The Morgan fingerprint density at radius 3 is 2.48 bits per heavy atom. The zero-order valence-electron chi connectivity index (χ0n) is 18.1. The molecule has 4 rings (SSSR count). The van der Waals surface area contributed by atoms with Gasteiger partial charge in [0.25, 0.3) is 0 Å². The lowest BCUT2D eigenvalue weighted by molar-refractivity contribution is -0.141. The van der Waals surface area contributed by atoms with Crippen LogP contribution in [0.15, 0.2) is 42.6 Å². The molecule has 1 fully saturated rings. The van der Waals surface area contributed by atoms with Gasteiger partial charge in [0.2, 0.25) is 0 Å². The van der Waals surface area contributed by atoms with Gasteiger partial charge in [0.05, 0.1) is 11.5 Å². The molecule has 0 bridgehead atoms. The number of nitrogens with one attached hydrogen (secondary N) is 2. The molecule has 0 unspecified atom stereocenters. The van der Waals surface area contributed by atoms with E-state index in [2.05, 4.69) is 36.6 Å². The molecule has 1 aliphatic carbocycles. The summed E-state index contributed by atoms with van der Waals surface area (Å²) in [5.74, 6) is 1.64. The van der Waals surface area contributed by atoms with Crippen LogP contribution in [0.2, 0.25) is 0 Å². The highest BCUT2D eigenvalue weighted by atomic mass is 19.4. The van der Waals surface area contributed by atoms with E-state index in [0.29, 0.717) is 29.9 Å². The number of hydrogen-bond acceptors (Lipinski definition) is 7. The second-order valence-corrected chi connectivity index (χ2v) is 8.39. The highest BCUT2D eigenvalue weighted by Gasteiger charge is 2.45. The van der Waals surface area contributed by atoms with Crippen LogP contribution in [0.25, 0.3) is 11.5 Å². The Bertz CT molecular complexity index is 1200. The number of aromatic nitrogens is 4. The number of halogens is 3. The first kappa shape index (κ1) is 22.5.